The number of carbonyl (C=O) groups excluding carboxylic acids is 2. The Morgan fingerprint density at radius 2 is 1.69 bits per heavy atom. The molecule has 1 aliphatic heterocycles. The molecule has 29 heavy (non-hydrogen) atoms. The molecular formula is C23H28N2O4. The Morgan fingerprint density at radius 1 is 1.03 bits per heavy atom. The fraction of sp³-hybridized carbons (Fsp3) is 0.391. The minimum atomic E-state index is -0.669. The molecule has 1 heterocycles. The Bertz CT molecular complexity index is 868. The second-order valence-corrected chi connectivity index (χ2v) is 7.61. The molecule has 0 aliphatic carbocycles. The summed E-state index contributed by atoms with van der Waals surface area (Å²) in [6.45, 7) is 5.44. The lowest BCUT2D eigenvalue weighted by Crippen LogP contribution is -2.47. The van der Waals surface area contributed by atoms with Crippen LogP contribution in [0, 0.1) is 13.8 Å². The van der Waals surface area contributed by atoms with E-state index >= 15 is 0 Å². The normalized spacial score (nSPS) is 15.4. The highest BCUT2D eigenvalue weighted by Crippen LogP contribution is 2.39. The van der Waals surface area contributed by atoms with Gasteiger partial charge in [-0.3, -0.25) is 9.59 Å². The summed E-state index contributed by atoms with van der Waals surface area (Å²) in [6.07, 6.45) is 1.48. The molecular weight excluding hydrogens is 368 g/mol. The van der Waals surface area contributed by atoms with Crippen molar-refractivity contribution in [1.82, 2.24) is 5.32 Å². The minimum Gasteiger partial charge on any atom is -0.496 e. The van der Waals surface area contributed by atoms with Gasteiger partial charge in [0.15, 0.2) is 0 Å². The van der Waals surface area contributed by atoms with Crippen molar-refractivity contribution in [2.24, 2.45) is 0 Å². The first-order valence-electron chi connectivity index (χ1n) is 9.82. The number of anilines is 1. The molecule has 154 valence electrons. The smallest absolute Gasteiger partial charge is 0.313 e. The van der Waals surface area contributed by atoms with Crippen LogP contribution in [0.25, 0.3) is 0 Å². The van der Waals surface area contributed by atoms with Crippen LogP contribution >= 0.6 is 0 Å². The van der Waals surface area contributed by atoms with Crippen molar-refractivity contribution in [2.45, 2.75) is 32.1 Å². The molecule has 0 atom stereocenters. The molecule has 1 aliphatic rings. The number of aryl methyl sites for hydroxylation is 2. The number of benzene rings is 2. The summed E-state index contributed by atoms with van der Waals surface area (Å²) in [5.41, 5.74) is 3.37. The Hall–Kier alpha value is -2.86. The van der Waals surface area contributed by atoms with E-state index in [1.165, 1.54) is 0 Å². The zero-order valence-electron chi connectivity index (χ0n) is 17.2. The van der Waals surface area contributed by atoms with Gasteiger partial charge in [0.25, 0.3) is 0 Å². The number of amides is 2. The zero-order valence-corrected chi connectivity index (χ0v) is 17.2. The third-order valence-corrected chi connectivity index (χ3v) is 5.40. The Balaban J connectivity index is 1.72. The van der Waals surface area contributed by atoms with Crippen LogP contribution < -0.4 is 15.4 Å². The van der Waals surface area contributed by atoms with E-state index in [2.05, 4.69) is 10.6 Å². The van der Waals surface area contributed by atoms with Crippen LogP contribution in [0.4, 0.5) is 5.69 Å². The van der Waals surface area contributed by atoms with E-state index in [0.717, 1.165) is 35.3 Å². The molecule has 0 saturated carbocycles. The van der Waals surface area contributed by atoms with Gasteiger partial charge in [-0.1, -0.05) is 24.3 Å². The molecule has 0 spiro atoms. The molecule has 2 amide bonds. The Labute approximate surface area is 171 Å². The second kappa shape index (κ2) is 9.09. The molecule has 2 N–H and O–H groups in total. The van der Waals surface area contributed by atoms with Crippen molar-refractivity contribution < 1.29 is 19.1 Å². The maximum Gasteiger partial charge on any atom is 0.313 e. The van der Waals surface area contributed by atoms with Crippen LogP contribution in [0.5, 0.6) is 5.75 Å². The largest absolute Gasteiger partial charge is 0.496 e. The SMILES string of the molecule is COc1ccccc1C1(CNC(=O)C(=O)Nc2cc(C)cc(C)c2)CCOCC1. The predicted octanol–water partition coefficient (Wildman–Crippen LogP) is 3.12. The topological polar surface area (TPSA) is 76.7 Å². The molecule has 6 nitrogen and oxygen atoms in total. The van der Waals surface area contributed by atoms with E-state index in [1.54, 1.807) is 7.11 Å². The average Bonchev–Trinajstić information content (AvgIpc) is 2.72. The van der Waals surface area contributed by atoms with E-state index in [0.29, 0.717) is 25.4 Å². The van der Waals surface area contributed by atoms with E-state index in [1.807, 2.05) is 56.3 Å². The van der Waals surface area contributed by atoms with Crippen LogP contribution in [-0.2, 0) is 19.7 Å². The lowest BCUT2D eigenvalue weighted by atomic mass is 9.73. The van der Waals surface area contributed by atoms with Crippen molar-refractivity contribution in [1.29, 1.82) is 0 Å². The third-order valence-electron chi connectivity index (χ3n) is 5.40. The van der Waals surface area contributed by atoms with Crippen molar-refractivity contribution in [3.05, 3.63) is 59.2 Å². The highest BCUT2D eigenvalue weighted by molar-refractivity contribution is 6.39. The average molecular weight is 396 g/mol. The lowest BCUT2D eigenvalue weighted by Gasteiger charge is -2.38. The summed E-state index contributed by atoms with van der Waals surface area (Å²) in [7, 11) is 1.64. The number of para-hydroxylation sites is 1. The van der Waals surface area contributed by atoms with Crippen molar-refractivity contribution in [3.8, 4) is 5.75 Å². The maximum atomic E-state index is 12.5. The number of hydrogen-bond acceptors (Lipinski definition) is 4. The number of methoxy groups -OCH3 is 1. The van der Waals surface area contributed by atoms with Gasteiger partial charge >= 0.3 is 11.8 Å². The van der Waals surface area contributed by atoms with Crippen LogP contribution in [0.15, 0.2) is 42.5 Å². The molecule has 0 bridgehead atoms. The fourth-order valence-electron chi connectivity index (χ4n) is 3.95. The van der Waals surface area contributed by atoms with Gasteiger partial charge in [0.05, 0.1) is 7.11 Å². The number of carbonyl (C=O) groups is 2. The summed E-state index contributed by atoms with van der Waals surface area (Å²) < 4.78 is 11.1. The Kier molecular flexibility index (Phi) is 6.54. The van der Waals surface area contributed by atoms with Crippen molar-refractivity contribution >= 4 is 17.5 Å². The van der Waals surface area contributed by atoms with Crippen LogP contribution in [0.1, 0.15) is 29.5 Å². The van der Waals surface area contributed by atoms with Gasteiger partial charge in [-0.05, 0) is 56.0 Å². The monoisotopic (exact) mass is 396 g/mol. The van der Waals surface area contributed by atoms with Gasteiger partial charge in [0.1, 0.15) is 5.75 Å². The van der Waals surface area contributed by atoms with Crippen LogP contribution in [0.3, 0.4) is 0 Å². The summed E-state index contributed by atoms with van der Waals surface area (Å²) in [4.78, 5) is 24.9. The molecule has 0 radical (unpaired) electrons. The van der Waals surface area contributed by atoms with Gasteiger partial charge in [-0.2, -0.15) is 0 Å². The van der Waals surface area contributed by atoms with Crippen LogP contribution in [-0.4, -0.2) is 38.7 Å². The van der Waals surface area contributed by atoms with Gasteiger partial charge < -0.3 is 20.1 Å². The van der Waals surface area contributed by atoms with E-state index < -0.39 is 11.8 Å². The molecule has 6 heteroatoms. The first kappa shape index (κ1) is 20.9. The zero-order chi connectivity index (χ0) is 20.9. The molecule has 1 fully saturated rings. The van der Waals surface area contributed by atoms with Crippen LogP contribution in [0.2, 0.25) is 0 Å². The van der Waals surface area contributed by atoms with Gasteiger partial charge in [-0.15, -0.1) is 0 Å². The number of ether oxygens (including phenoxy) is 2. The number of rotatable bonds is 5. The highest BCUT2D eigenvalue weighted by atomic mass is 16.5. The molecule has 2 aromatic carbocycles. The van der Waals surface area contributed by atoms with Crippen molar-refractivity contribution in [2.75, 3.05) is 32.2 Å². The van der Waals surface area contributed by atoms with Gasteiger partial charge in [-0.25, -0.2) is 0 Å². The first-order valence-corrected chi connectivity index (χ1v) is 9.82. The quantitative estimate of drug-likeness (QED) is 0.762. The summed E-state index contributed by atoms with van der Waals surface area (Å²) in [5.74, 6) is -0.537. The maximum absolute atomic E-state index is 12.5. The highest BCUT2D eigenvalue weighted by Gasteiger charge is 2.37. The first-order chi connectivity index (χ1) is 13.9. The second-order valence-electron chi connectivity index (χ2n) is 7.61. The molecule has 2 aromatic rings. The predicted molar refractivity (Wildman–Crippen MR) is 112 cm³/mol. The number of hydrogen-bond donors (Lipinski definition) is 2. The molecule has 0 aromatic heterocycles. The third kappa shape index (κ3) is 4.95. The standard InChI is InChI=1S/C23H28N2O4/c1-16-12-17(2)14-18(13-16)25-22(27)21(26)24-15-23(8-10-29-11-9-23)19-6-4-5-7-20(19)28-3/h4-7,12-14H,8-11,15H2,1-3H3,(H,24,26)(H,25,27). The van der Waals surface area contributed by atoms with Crippen molar-refractivity contribution in [3.63, 3.8) is 0 Å². The fourth-order valence-corrected chi connectivity index (χ4v) is 3.95. The number of nitrogens with one attached hydrogen (secondary N) is 2. The minimum absolute atomic E-state index is 0.333. The summed E-state index contributed by atoms with van der Waals surface area (Å²) in [6, 6.07) is 13.5. The van der Waals surface area contributed by atoms with E-state index in [4.69, 9.17) is 9.47 Å². The lowest BCUT2D eigenvalue weighted by molar-refractivity contribution is -0.136. The summed E-state index contributed by atoms with van der Waals surface area (Å²) in [5, 5.41) is 5.52. The van der Waals surface area contributed by atoms with E-state index in [-0.39, 0.29) is 5.41 Å². The van der Waals surface area contributed by atoms with E-state index in [9.17, 15) is 9.59 Å². The molecule has 1 saturated heterocycles. The van der Waals surface area contributed by atoms with Gasteiger partial charge in [0.2, 0.25) is 0 Å². The molecule has 3 rings (SSSR count). The Morgan fingerprint density at radius 3 is 2.34 bits per heavy atom. The van der Waals surface area contributed by atoms with Gasteiger partial charge in [0, 0.05) is 36.4 Å². The molecule has 0 unspecified atom stereocenters. The summed E-state index contributed by atoms with van der Waals surface area (Å²) >= 11 is 0.